The Kier molecular flexibility index (Phi) is 4.37. The molecule has 1 aliphatic rings. The first kappa shape index (κ1) is 18.6. The molecule has 0 atom stereocenters. The largest absolute Gasteiger partial charge is 0.507 e. The van der Waals surface area contributed by atoms with Crippen LogP contribution in [0.1, 0.15) is 78.5 Å². The molecule has 1 aromatic rings. The SMILES string of the molecule is CC1(C)C/C(=C/c2cc(C(C)(C)C)c(O)c(C(C)(C)C)c2)C(=O)N1. The van der Waals surface area contributed by atoms with Gasteiger partial charge < -0.3 is 10.4 Å². The highest BCUT2D eigenvalue weighted by Gasteiger charge is 2.33. The minimum Gasteiger partial charge on any atom is -0.507 e. The topological polar surface area (TPSA) is 49.3 Å². The van der Waals surface area contributed by atoms with Crippen LogP contribution in [0.2, 0.25) is 0 Å². The average molecular weight is 329 g/mol. The van der Waals surface area contributed by atoms with Crippen molar-refractivity contribution < 1.29 is 9.90 Å². The Morgan fingerprint density at radius 3 is 1.83 bits per heavy atom. The molecule has 0 aliphatic carbocycles. The number of benzene rings is 1. The van der Waals surface area contributed by atoms with Crippen molar-refractivity contribution >= 4 is 12.0 Å². The van der Waals surface area contributed by atoms with E-state index < -0.39 is 0 Å². The molecule has 0 saturated carbocycles. The van der Waals surface area contributed by atoms with Gasteiger partial charge >= 0.3 is 0 Å². The fourth-order valence-electron chi connectivity index (χ4n) is 3.19. The van der Waals surface area contributed by atoms with E-state index in [1.807, 2.05) is 32.1 Å². The fourth-order valence-corrected chi connectivity index (χ4v) is 3.19. The van der Waals surface area contributed by atoms with Gasteiger partial charge in [-0.2, -0.15) is 0 Å². The number of carbonyl (C=O) groups is 1. The maximum atomic E-state index is 12.2. The van der Waals surface area contributed by atoms with Crippen molar-refractivity contribution in [3.63, 3.8) is 0 Å². The molecular formula is C21H31NO2. The number of hydrogen-bond acceptors (Lipinski definition) is 2. The molecule has 1 amide bonds. The number of aromatic hydroxyl groups is 1. The van der Waals surface area contributed by atoms with Crippen LogP contribution in [0.5, 0.6) is 5.75 Å². The lowest BCUT2D eigenvalue weighted by Crippen LogP contribution is -2.34. The van der Waals surface area contributed by atoms with Gasteiger partial charge in [0, 0.05) is 28.7 Å². The zero-order valence-electron chi connectivity index (χ0n) is 16.3. The molecule has 2 rings (SSSR count). The van der Waals surface area contributed by atoms with Crippen LogP contribution in [-0.4, -0.2) is 16.6 Å². The van der Waals surface area contributed by atoms with Crippen LogP contribution in [0, 0.1) is 0 Å². The van der Waals surface area contributed by atoms with E-state index in [4.69, 9.17) is 0 Å². The van der Waals surface area contributed by atoms with Gasteiger partial charge in [-0.05, 0) is 48.4 Å². The van der Waals surface area contributed by atoms with Crippen molar-refractivity contribution in [2.75, 3.05) is 0 Å². The molecule has 3 nitrogen and oxygen atoms in total. The van der Waals surface area contributed by atoms with Crippen molar-refractivity contribution in [3.8, 4) is 5.75 Å². The summed E-state index contributed by atoms with van der Waals surface area (Å²) in [5.74, 6) is 0.371. The summed E-state index contributed by atoms with van der Waals surface area (Å²) in [7, 11) is 0. The third-order valence-electron chi connectivity index (χ3n) is 4.47. The summed E-state index contributed by atoms with van der Waals surface area (Å²) < 4.78 is 0. The monoisotopic (exact) mass is 329 g/mol. The van der Waals surface area contributed by atoms with Crippen molar-refractivity contribution in [1.29, 1.82) is 0 Å². The number of hydrogen-bond donors (Lipinski definition) is 2. The van der Waals surface area contributed by atoms with E-state index in [1.54, 1.807) is 0 Å². The number of nitrogens with one attached hydrogen (secondary N) is 1. The lowest BCUT2D eigenvalue weighted by atomic mass is 9.78. The Labute approximate surface area is 146 Å². The second-order valence-corrected chi connectivity index (χ2v) is 9.65. The van der Waals surface area contributed by atoms with Crippen molar-refractivity contribution in [2.45, 2.75) is 78.2 Å². The quantitative estimate of drug-likeness (QED) is 0.736. The fraction of sp³-hybridized carbons (Fsp3) is 0.571. The van der Waals surface area contributed by atoms with Crippen LogP contribution in [-0.2, 0) is 15.6 Å². The average Bonchev–Trinajstić information content (AvgIpc) is 2.61. The Morgan fingerprint density at radius 1 is 1.04 bits per heavy atom. The molecule has 3 heteroatoms. The van der Waals surface area contributed by atoms with Gasteiger partial charge in [-0.3, -0.25) is 4.79 Å². The first-order valence-corrected chi connectivity index (χ1v) is 8.62. The highest BCUT2D eigenvalue weighted by atomic mass is 16.3. The maximum absolute atomic E-state index is 12.2. The van der Waals surface area contributed by atoms with Gasteiger partial charge in [-0.15, -0.1) is 0 Å². The van der Waals surface area contributed by atoms with Crippen LogP contribution in [0.15, 0.2) is 17.7 Å². The van der Waals surface area contributed by atoms with E-state index in [9.17, 15) is 9.90 Å². The Bertz CT molecular complexity index is 663. The standard InChI is InChI=1S/C21H31NO2/c1-19(2,3)15-10-13(11-16(17(15)23)20(4,5)6)9-14-12-21(7,8)22-18(14)24/h9-11,23H,12H2,1-8H3,(H,22,24)/b14-9-. The molecule has 0 spiro atoms. The number of amides is 1. The molecule has 0 radical (unpaired) electrons. The minimum absolute atomic E-state index is 0.00249. The second kappa shape index (κ2) is 5.65. The van der Waals surface area contributed by atoms with E-state index in [1.165, 1.54) is 0 Å². The van der Waals surface area contributed by atoms with Crippen LogP contribution in [0.3, 0.4) is 0 Å². The highest BCUT2D eigenvalue weighted by Crippen LogP contribution is 2.40. The maximum Gasteiger partial charge on any atom is 0.247 e. The molecule has 24 heavy (non-hydrogen) atoms. The molecular weight excluding hydrogens is 298 g/mol. The molecule has 1 aliphatic heterocycles. The number of phenols is 1. The van der Waals surface area contributed by atoms with E-state index >= 15 is 0 Å². The zero-order chi connectivity index (χ0) is 18.5. The minimum atomic E-state index is -0.195. The number of phenolic OH excluding ortho intramolecular Hbond substituents is 1. The van der Waals surface area contributed by atoms with Crippen LogP contribution >= 0.6 is 0 Å². The first-order chi connectivity index (χ1) is 10.7. The van der Waals surface area contributed by atoms with Gasteiger partial charge in [0.2, 0.25) is 5.91 Å². The highest BCUT2D eigenvalue weighted by molar-refractivity contribution is 6.00. The Hall–Kier alpha value is -1.77. The van der Waals surface area contributed by atoms with E-state index in [0.717, 1.165) is 22.3 Å². The smallest absolute Gasteiger partial charge is 0.247 e. The second-order valence-electron chi connectivity index (χ2n) is 9.65. The summed E-state index contributed by atoms with van der Waals surface area (Å²) in [5.41, 5.74) is 3.07. The zero-order valence-corrected chi connectivity index (χ0v) is 16.3. The van der Waals surface area contributed by atoms with Crippen molar-refractivity contribution in [3.05, 3.63) is 34.4 Å². The van der Waals surface area contributed by atoms with Crippen LogP contribution in [0.4, 0.5) is 0 Å². The summed E-state index contributed by atoms with van der Waals surface area (Å²) in [6.07, 6.45) is 2.68. The van der Waals surface area contributed by atoms with Gasteiger partial charge in [0.25, 0.3) is 0 Å². The van der Waals surface area contributed by atoms with E-state index in [0.29, 0.717) is 12.2 Å². The summed E-state index contributed by atoms with van der Waals surface area (Å²) in [6.45, 7) is 16.6. The molecule has 1 aromatic carbocycles. The molecule has 0 unspecified atom stereocenters. The third kappa shape index (κ3) is 3.82. The van der Waals surface area contributed by atoms with Crippen LogP contribution < -0.4 is 5.32 Å². The predicted molar refractivity (Wildman–Crippen MR) is 100 cm³/mol. The Balaban J connectivity index is 2.62. The molecule has 0 bridgehead atoms. The molecule has 1 heterocycles. The van der Waals surface area contributed by atoms with Crippen LogP contribution in [0.25, 0.3) is 6.08 Å². The lowest BCUT2D eigenvalue weighted by molar-refractivity contribution is -0.116. The van der Waals surface area contributed by atoms with Gasteiger partial charge in [0.1, 0.15) is 5.75 Å². The molecule has 1 saturated heterocycles. The summed E-state index contributed by atoms with van der Waals surface area (Å²) in [4.78, 5) is 12.2. The normalized spacial score (nSPS) is 19.7. The summed E-state index contributed by atoms with van der Waals surface area (Å²) in [5, 5.41) is 13.8. The number of carbonyl (C=O) groups excluding carboxylic acids is 1. The third-order valence-corrected chi connectivity index (χ3v) is 4.47. The van der Waals surface area contributed by atoms with E-state index in [-0.39, 0.29) is 22.3 Å². The van der Waals surface area contributed by atoms with Crippen molar-refractivity contribution in [2.24, 2.45) is 0 Å². The number of rotatable bonds is 1. The molecule has 0 aromatic heterocycles. The Morgan fingerprint density at radius 2 is 1.50 bits per heavy atom. The van der Waals surface area contributed by atoms with Crippen molar-refractivity contribution in [1.82, 2.24) is 5.32 Å². The molecule has 1 fully saturated rings. The van der Waals surface area contributed by atoms with Gasteiger partial charge in [0.05, 0.1) is 0 Å². The summed E-state index contributed by atoms with van der Waals surface area (Å²) >= 11 is 0. The molecule has 2 N–H and O–H groups in total. The molecule has 132 valence electrons. The lowest BCUT2D eigenvalue weighted by Gasteiger charge is -2.28. The van der Waals surface area contributed by atoms with Gasteiger partial charge in [0.15, 0.2) is 0 Å². The summed E-state index contributed by atoms with van der Waals surface area (Å²) in [6, 6.07) is 4.02. The van der Waals surface area contributed by atoms with Gasteiger partial charge in [-0.1, -0.05) is 41.5 Å². The van der Waals surface area contributed by atoms with E-state index in [2.05, 4.69) is 46.9 Å². The predicted octanol–water partition coefficient (Wildman–Crippen LogP) is 4.67. The first-order valence-electron chi connectivity index (χ1n) is 8.62. The van der Waals surface area contributed by atoms with Gasteiger partial charge in [-0.25, -0.2) is 0 Å².